The molecule has 5 aromatic rings. The summed E-state index contributed by atoms with van der Waals surface area (Å²) in [7, 11) is 3.69. The molecule has 0 bridgehead atoms. The van der Waals surface area contributed by atoms with E-state index < -0.39 is 0 Å². The first kappa shape index (κ1) is 22.2. The standard InChI is InChI=1S/C27H27N7O2/c1-33(16-17-7-4-3-5-8-17)24-13-22(19-14-29-25-18(19)9-6-12-28-25)31-26-20(15-30-34(24)26)27(35)32-21-10-11-23(21)36-2/h3-9,12-15,21,23H,10-11,16H2,1-2H3,(H,28,29)(H,32,35)/t21?,23-/m0/s1. The highest BCUT2D eigenvalue weighted by atomic mass is 16.5. The molecule has 0 spiro atoms. The zero-order valence-corrected chi connectivity index (χ0v) is 20.2. The van der Waals surface area contributed by atoms with Crippen molar-refractivity contribution in [2.45, 2.75) is 31.5 Å². The van der Waals surface area contributed by atoms with Crippen LogP contribution in [0.25, 0.3) is 27.9 Å². The Balaban J connectivity index is 1.45. The summed E-state index contributed by atoms with van der Waals surface area (Å²) in [5.74, 6) is 0.633. The molecular weight excluding hydrogens is 454 g/mol. The van der Waals surface area contributed by atoms with Gasteiger partial charge in [-0.3, -0.25) is 4.79 Å². The van der Waals surface area contributed by atoms with Crippen molar-refractivity contribution in [1.82, 2.24) is 29.9 Å². The first-order valence-electron chi connectivity index (χ1n) is 12.0. The second kappa shape index (κ2) is 9.09. The molecule has 36 heavy (non-hydrogen) atoms. The highest BCUT2D eigenvalue weighted by Gasteiger charge is 2.33. The van der Waals surface area contributed by atoms with Crippen LogP contribution in [0.3, 0.4) is 0 Å². The lowest BCUT2D eigenvalue weighted by Gasteiger charge is -2.35. The van der Waals surface area contributed by atoms with Crippen LogP contribution in [-0.2, 0) is 11.3 Å². The maximum Gasteiger partial charge on any atom is 0.257 e. The van der Waals surface area contributed by atoms with Crippen LogP contribution < -0.4 is 10.2 Å². The second-order valence-corrected chi connectivity index (χ2v) is 9.17. The van der Waals surface area contributed by atoms with Crippen LogP contribution in [0.15, 0.2) is 67.1 Å². The molecule has 1 amide bonds. The Morgan fingerprint density at radius 2 is 2.08 bits per heavy atom. The van der Waals surface area contributed by atoms with E-state index in [9.17, 15) is 4.79 Å². The number of rotatable bonds is 7. The average Bonchev–Trinajstić information content (AvgIpc) is 3.51. The summed E-state index contributed by atoms with van der Waals surface area (Å²) in [5, 5.41) is 8.64. The predicted molar refractivity (Wildman–Crippen MR) is 138 cm³/mol. The molecule has 0 radical (unpaired) electrons. The summed E-state index contributed by atoms with van der Waals surface area (Å²) < 4.78 is 7.19. The van der Waals surface area contributed by atoms with Gasteiger partial charge in [0.1, 0.15) is 17.0 Å². The molecule has 4 heterocycles. The summed E-state index contributed by atoms with van der Waals surface area (Å²) in [5.41, 5.74) is 4.56. The molecule has 1 fully saturated rings. The number of hydrogen-bond donors (Lipinski definition) is 2. The molecule has 9 nitrogen and oxygen atoms in total. The number of benzene rings is 1. The number of nitrogens with zero attached hydrogens (tertiary/aromatic N) is 5. The van der Waals surface area contributed by atoms with E-state index in [0.717, 1.165) is 41.0 Å². The van der Waals surface area contributed by atoms with Crippen LogP contribution in [0.1, 0.15) is 28.8 Å². The van der Waals surface area contributed by atoms with Crippen LogP contribution in [0.5, 0.6) is 0 Å². The lowest BCUT2D eigenvalue weighted by atomic mass is 9.89. The quantitative estimate of drug-likeness (QED) is 0.367. The van der Waals surface area contributed by atoms with Gasteiger partial charge in [-0.25, -0.2) is 9.97 Å². The Hall–Kier alpha value is -4.24. The third-order valence-electron chi connectivity index (χ3n) is 6.91. The van der Waals surface area contributed by atoms with Crippen molar-refractivity contribution < 1.29 is 9.53 Å². The SMILES string of the molecule is CO[C@H]1CCC1NC(=O)c1cnn2c(N(C)Cc3ccccc3)cc(-c3c[nH]c4ncccc34)nc12. The zero-order chi connectivity index (χ0) is 24.6. The number of anilines is 1. The fourth-order valence-electron chi connectivity index (χ4n) is 4.79. The molecule has 182 valence electrons. The third kappa shape index (κ3) is 3.87. The Labute approximate surface area is 208 Å². The molecule has 1 aromatic carbocycles. The highest BCUT2D eigenvalue weighted by molar-refractivity contribution is 6.01. The topological polar surface area (TPSA) is 100 Å². The number of carbonyl (C=O) groups excluding carboxylic acids is 1. The number of carbonyl (C=O) groups is 1. The molecule has 4 aromatic heterocycles. The fraction of sp³-hybridized carbons (Fsp3) is 0.259. The van der Waals surface area contributed by atoms with E-state index in [1.54, 1.807) is 24.0 Å². The first-order valence-corrected chi connectivity index (χ1v) is 12.0. The van der Waals surface area contributed by atoms with Crippen molar-refractivity contribution >= 4 is 28.4 Å². The van der Waals surface area contributed by atoms with Gasteiger partial charge in [-0.05, 0) is 30.5 Å². The minimum atomic E-state index is -0.196. The van der Waals surface area contributed by atoms with E-state index in [2.05, 4.69) is 37.4 Å². The van der Waals surface area contributed by atoms with Crippen molar-refractivity contribution in [2.24, 2.45) is 0 Å². The number of fused-ring (bicyclic) bond motifs is 2. The van der Waals surface area contributed by atoms with Gasteiger partial charge in [0, 0.05) is 50.1 Å². The molecule has 1 aliphatic carbocycles. The summed E-state index contributed by atoms with van der Waals surface area (Å²) in [6.45, 7) is 0.674. The number of aromatic amines is 1. The number of H-pyrrole nitrogens is 1. The van der Waals surface area contributed by atoms with Crippen molar-refractivity contribution in [3.05, 3.63) is 78.2 Å². The van der Waals surface area contributed by atoms with Gasteiger partial charge in [-0.2, -0.15) is 9.61 Å². The van der Waals surface area contributed by atoms with Crippen molar-refractivity contribution in [3.63, 3.8) is 0 Å². The van der Waals surface area contributed by atoms with Crippen molar-refractivity contribution in [3.8, 4) is 11.3 Å². The monoisotopic (exact) mass is 481 g/mol. The lowest BCUT2D eigenvalue weighted by Crippen LogP contribution is -2.51. The highest BCUT2D eigenvalue weighted by Crippen LogP contribution is 2.31. The van der Waals surface area contributed by atoms with Gasteiger partial charge in [0.05, 0.1) is 24.0 Å². The van der Waals surface area contributed by atoms with Gasteiger partial charge in [0.2, 0.25) is 0 Å². The molecule has 6 rings (SSSR count). The Morgan fingerprint density at radius 1 is 1.22 bits per heavy atom. The number of nitrogens with one attached hydrogen (secondary N) is 2. The van der Waals surface area contributed by atoms with Crippen LogP contribution in [0.2, 0.25) is 0 Å². The van der Waals surface area contributed by atoms with Gasteiger partial charge in [-0.15, -0.1) is 0 Å². The number of methoxy groups -OCH3 is 1. The van der Waals surface area contributed by atoms with Crippen molar-refractivity contribution in [2.75, 3.05) is 19.1 Å². The van der Waals surface area contributed by atoms with Crippen LogP contribution in [0.4, 0.5) is 5.82 Å². The number of aromatic nitrogens is 5. The molecule has 0 saturated heterocycles. The number of hydrogen-bond acceptors (Lipinski definition) is 6. The van der Waals surface area contributed by atoms with Gasteiger partial charge < -0.3 is 19.9 Å². The molecule has 1 unspecified atom stereocenters. The summed E-state index contributed by atoms with van der Waals surface area (Å²) in [6, 6.07) is 16.2. The maximum absolute atomic E-state index is 13.3. The lowest BCUT2D eigenvalue weighted by molar-refractivity contribution is 0.00732. The van der Waals surface area contributed by atoms with E-state index >= 15 is 0 Å². The average molecular weight is 482 g/mol. The molecule has 0 aliphatic heterocycles. The second-order valence-electron chi connectivity index (χ2n) is 9.17. The van der Waals surface area contributed by atoms with E-state index in [1.165, 1.54) is 5.56 Å². The molecule has 1 aliphatic rings. The van der Waals surface area contributed by atoms with Gasteiger partial charge in [0.25, 0.3) is 5.91 Å². The van der Waals surface area contributed by atoms with E-state index in [4.69, 9.17) is 9.72 Å². The molecule has 2 N–H and O–H groups in total. The Bertz CT molecular complexity index is 1540. The van der Waals surface area contributed by atoms with Crippen LogP contribution >= 0.6 is 0 Å². The molecular formula is C27H27N7O2. The minimum Gasteiger partial charge on any atom is -0.379 e. The summed E-state index contributed by atoms with van der Waals surface area (Å²) >= 11 is 0. The molecule has 9 heteroatoms. The third-order valence-corrected chi connectivity index (χ3v) is 6.91. The number of ether oxygens (including phenoxy) is 1. The fourth-order valence-corrected chi connectivity index (χ4v) is 4.79. The van der Waals surface area contributed by atoms with Crippen LogP contribution in [-0.4, -0.2) is 56.8 Å². The van der Waals surface area contributed by atoms with E-state index in [0.29, 0.717) is 17.8 Å². The van der Waals surface area contributed by atoms with Gasteiger partial charge in [0.15, 0.2) is 5.65 Å². The Kier molecular flexibility index (Phi) is 5.61. The minimum absolute atomic E-state index is 0.000508. The zero-order valence-electron chi connectivity index (χ0n) is 20.2. The molecule has 2 atom stereocenters. The normalized spacial score (nSPS) is 17.3. The Morgan fingerprint density at radius 3 is 2.86 bits per heavy atom. The smallest absolute Gasteiger partial charge is 0.257 e. The van der Waals surface area contributed by atoms with E-state index in [-0.39, 0.29) is 18.1 Å². The van der Waals surface area contributed by atoms with Gasteiger partial charge >= 0.3 is 0 Å². The predicted octanol–water partition coefficient (Wildman–Crippen LogP) is 3.82. The maximum atomic E-state index is 13.3. The first-order chi connectivity index (χ1) is 17.6. The van der Waals surface area contributed by atoms with Crippen LogP contribution in [0, 0.1) is 0 Å². The van der Waals surface area contributed by atoms with Crippen molar-refractivity contribution in [1.29, 1.82) is 0 Å². The largest absolute Gasteiger partial charge is 0.379 e. The summed E-state index contributed by atoms with van der Waals surface area (Å²) in [4.78, 5) is 28.0. The van der Waals surface area contributed by atoms with E-state index in [1.807, 2.05) is 49.6 Å². The number of pyridine rings is 1. The van der Waals surface area contributed by atoms with Gasteiger partial charge in [-0.1, -0.05) is 30.3 Å². The summed E-state index contributed by atoms with van der Waals surface area (Å²) in [6.07, 6.45) is 7.15. The number of amides is 1. The molecule has 1 saturated carbocycles.